The van der Waals surface area contributed by atoms with Crippen LogP contribution >= 0.6 is 11.8 Å². The first-order valence-corrected chi connectivity index (χ1v) is 6.72. The molecule has 2 rings (SSSR count). The van der Waals surface area contributed by atoms with Gasteiger partial charge >= 0.3 is 5.97 Å². The van der Waals surface area contributed by atoms with E-state index >= 15 is 0 Å². The van der Waals surface area contributed by atoms with E-state index in [9.17, 15) is 9.59 Å². The molecule has 1 amide bonds. The average molecular weight is 282 g/mol. The van der Waals surface area contributed by atoms with E-state index in [0.717, 1.165) is 5.56 Å². The van der Waals surface area contributed by atoms with Crippen molar-refractivity contribution in [3.05, 3.63) is 29.8 Å². The van der Waals surface area contributed by atoms with E-state index in [1.165, 1.54) is 11.8 Å². The van der Waals surface area contributed by atoms with Crippen LogP contribution in [0.15, 0.2) is 24.3 Å². The highest BCUT2D eigenvalue weighted by Crippen LogP contribution is 2.34. The number of benzene rings is 1. The van der Waals surface area contributed by atoms with Crippen LogP contribution in [0, 0.1) is 0 Å². The highest BCUT2D eigenvalue weighted by atomic mass is 32.2. The van der Waals surface area contributed by atoms with Crippen molar-refractivity contribution < 1.29 is 19.4 Å². The molecule has 0 spiro atoms. The summed E-state index contributed by atoms with van der Waals surface area (Å²) < 4.78 is 5.21. The summed E-state index contributed by atoms with van der Waals surface area (Å²) in [6, 6.07) is 6.64. The lowest BCUT2D eigenvalue weighted by atomic mass is 10.2. The Bertz CT molecular complexity index is 494. The number of hydrogen-bond donors (Lipinski definition) is 3. The molecule has 2 unspecified atom stereocenters. The minimum Gasteiger partial charge on any atom is -0.484 e. The molecule has 0 radical (unpaired) electrons. The maximum Gasteiger partial charge on any atom is 0.321 e. The smallest absolute Gasteiger partial charge is 0.321 e. The highest BCUT2D eigenvalue weighted by molar-refractivity contribution is 7.99. The molecule has 0 aliphatic carbocycles. The van der Waals surface area contributed by atoms with Crippen LogP contribution in [-0.2, 0) is 9.59 Å². The molecule has 1 aromatic carbocycles. The number of carboxylic acids is 1. The number of ether oxygens (including phenoxy) is 1. The van der Waals surface area contributed by atoms with Crippen molar-refractivity contribution in [3.8, 4) is 5.75 Å². The van der Waals surface area contributed by atoms with Gasteiger partial charge in [-0.05, 0) is 17.7 Å². The van der Waals surface area contributed by atoms with Crippen molar-refractivity contribution in [1.82, 2.24) is 5.32 Å². The molecule has 1 aliphatic rings. The fourth-order valence-electron chi connectivity index (χ4n) is 1.73. The van der Waals surface area contributed by atoms with Crippen LogP contribution in [0.2, 0.25) is 0 Å². The molecule has 1 aliphatic heterocycles. The van der Waals surface area contributed by atoms with Crippen LogP contribution in [0.4, 0.5) is 0 Å². The Kier molecular flexibility index (Phi) is 4.28. The molecule has 6 nitrogen and oxygen atoms in total. The molecule has 2 atom stereocenters. The van der Waals surface area contributed by atoms with Gasteiger partial charge in [0, 0.05) is 5.75 Å². The molecule has 102 valence electrons. The molecule has 1 aromatic rings. The number of amides is 1. The van der Waals surface area contributed by atoms with Gasteiger partial charge in [0.1, 0.15) is 11.8 Å². The monoisotopic (exact) mass is 282 g/mol. The van der Waals surface area contributed by atoms with Crippen molar-refractivity contribution in [2.24, 2.45) is 5.73 Å². The van der Waals surface area contributed by atoms with E-state index in [-0.39, 0.29) is 12.0 Å². The predicted molar refractivity (Wildman–Crippen MR) is 70.9 cm³/mol. The fourth-order valence-corrected chi connectivity index (χ4v) is 2.95. The summed E-state index contributed by atoms with van der Waals surface area (Å²) in [7, 11) is 0. The van der Waals surface area contributed by atoms with Crippen LogP contribution in [0.5, 0.6) is 5.75 Å². The number of thioether (sulfide) groups is 1. The van der Waals surface area contributed by atoms with E-state index in [4.69, 9.17) is 15.6 Å². The zero-order valence-electron chi connectivity index (χ0n) is 10.0. The Balaban J connectivity index is 2.03. The third kappa shape index (κ3) is 3.62. The lowest BCUT2D eigenvalue weighted by Gasteiger charge is -2.12. The number of aliphatic carboxylic acids is 1. The number of primary amides is 1. The Morgan fingerprint density at radius 2 is 2.32 bits per heavy atom. The quantitative estimate of drug-likeness (QED) is 0.720. The summed E-state index contributed by atoms with van der Waals surface area (Å²) in [5, 5.41) is 11.9. The van der Waals surface area contributed by atoms with E-state index in [1.54, 1.807) is 18.2 Å². The number of nitrogens with one attached hydrogen (secondary N) is 1. The highest BCUT2D eigenvalue weighted by Gasteiger charge is 2.30. The minimum absolute atomic E-state index is 0.0850. The predicted octanol–water partition coefficient (Wildman–Crippen LogP) is 0.339. The summed E-state index contributed by atoms with van der Waals surface area (Å²) in [4.78, 5) is 21.5. The Labute approximate surface area is 114 Å². The number of nitrogens with two attached hydrogens (primary N) is 1. The zero-order chi connectivity index (χ0) is 13.8. The van der Waals surface area contributed by atoms with Gasteiger partial charge in [0.05, 0.1) is 5.37 Å². The van der Waals surface area contributed by atoms with Crippen LogP contribution in [0.1, 0.15) is 10.9 Å². The molecule has 0 bridgehead atoms. The molecule has 0 aromatic heterocycles. The molecule has 1 heterocycles. The molecular weight excluding hydrogens is 268 g/mol. The minimum atomic E-state index is -0.851. The number of hydrogen-bond acceptors (Lipinski definition) is 5. The first-order valence-electron chi connectivity index (χ1n) is 5.68. The van der Waals surface area contributed by atoms with Crippen LogP contribution in [0.25, 0.3) is 0 Å². The largest absolute Gasteiger partial charge is 0.484 e. The zero-order valence-corrected chi connectivity index (χ0v) is 10.9. The summed E-state index contributed by atoms with van der Waals surface area (Å²) in [6.07, 6.45) is 0. The SMILES string of the molecule is NC(=O)COc1cccc(C2NC(C(=O)O)CS2)c1. The molecule has 1 fully saturated rings. The second-order valence-corrected chi connectivity index (χ2v) is 5.24. The van der Waals surface area contributed by atoms with Crippen molar-refractivity contribution in [2.75, 3.05) is 12.4 Å². The van der Waals surface area contributed by atoms with E-state index in [2.05, 4.69) is 5.32 Å². The number of carbonyl (C=O) groups excluding carboxylic acids is 1. The maximum absolute atomic E-state index is 10.9. The molecule has 0 saturated carbocycles. The van der Waals surface area contributed by atoms with Gasteiger partial charge in [-0.2, -0.15) is 0 Å². The fraction of sp³-hybridized carbons (Fsp3) is 0.333. The van der Waals surface area contributed by atoms with Crippen LogP contribution in [0.3, 0.4) is 0 Å². The first-order chi connectivity index (χ1) is 9.06. The van der Waals surface area contributed by atoms with Crippen molar-refractivity contribution in [2.45, 2.75) is 11.4 Å². The summed E-state index contributed by atoms with van der Waals surface area (Å²) in [5.41, 5.74) is 5.92. The summed E-state index contributed by atoms with van der Waals surface area (Å²) >= 11 is 1.53. The van der Waals surface area contributed by atoms with E-state index in [1.807, 2.05) is 6.07 Å². The Morgan fingerprint density at radius 1 is 1.53 bits per heavy atom. The molecular formula is C12H14N2O4S. The van der Waals surface area contributed by atoms with Crippen molar-refractivity contribution >= 4 is 23.6 Å². The van der Waals surface area contributed by atoms with Crippen molar-refractivity contribution in [3.63, 3.8) is 0 Å². The number of carbonyl (C=O) groups is 2. The lowest BCUT2D eigenvalue weighted by molar-refractivity contribution is -0.138. The van der Waals surface area contributed by atoms with Gasteiger partial charge in [-0.25, -0.2) is 0 Å². The Morgan fingerprint density at radius 3 is 2.95 bits per heavy atom. The van der Waals surface area contributed by atoms with Gasteiger partial charge in [-0.3, -0.25) is 14.9 Å². The summed E-state index contributed by atoms with van der Waals surface area (Å²) in [6.45, 7) is -0.174. The third-order valence-corrected chi connectivity index (χ3v) is 3.89. The first kappa shape index (κ1) is 13.7. The van der Waals surface area contributed by atoms with Gasteiger partial charge in [0.2, 0.25) is 0 Å². The second-order valence-electron chi connectivity index (χ2n) is 4.10. The standard InChI is InChI=1S/C12H14N2O4S/c13-10(15)5-18-8-3-1-2-7(4-8)11-14-9(6-19-11)12(16)17/h1-4,9,11,14H,5-6H2,(H2,13,15)(H,16,17). The molecule has 4 N–H and O–H groups in total. The van der Waals surface area contributed by atoms with Gasteiger partial charge in [-0.15, -0.1) is 11.8 Å². The number of carboxylic acid groups (broad SMARTS) is 1. The molecule has 19 heavy (non-hydrogen) atoms. The van der Waals surface area contributed by atoms with E-state index < -0.39 is 17.9 Å². The molecule has 1 saturated heterocycles. The van der Waals surface area contributed by atoms with Gasteiger partial charge in [0.25, 0.3) is 5.91 Å². The normalized spacial score (nSPS) is 22.1. The van der Waals surface area contributed by atoms with Crippen LogP contribution < -0.4 is 15.8 Å². The second kappa shape index (κ2) is 5.94. The van der Waals surface area contributed by atoms with Crippen molar-refractivity contribution in [1.29, 1.82) is 0 Å². The topological polar surface area (TPSA) is 102 Å². The average Bonchev–Trinajstić information content (AvgIpc) is 2.86. The molecule has 7 heteroatoms. The maximum atomic E-state index is 10.9. The summed E-state index contributed by atoms with van der Waals surface area (Å²) in [5.74, 6) is -0.329. The van der Waals surface area contributed by atoms with Gasteiger partial charge in [-0.1, -0.05) is 12.1 Å². The van der Waals surface area contributed by atoms with Crippen LogP contribution in [-0.4, -0.2) is 35.4 Å². The van der Waals surface area contributed by atoms with E-state index in [0.29, 0.717) is 11.5 Å². The van der Waals surface area contributed by atoms with Gasteiger partial charge < -0.3 is 15.6 Å². The third-order valence-electron chi connectivity index (χ3n) is 2.62. The van der Waals surface area contributed by atoms with Gasteiger partial charge in [0.15, 0.2) is 6.61 Å². The Hall–Kier alpha value is -1.73. The lowest BCUT2D eigenvalue weighted by Crippen LogP contribution is -2.33. The number of rotatable bonds is 5.